The highest BCUT2D eigenvalue weighted by atomic mass is 35.5. The van der Waals surface area contributed by atoms with Crippen LogP contribution in [0.5, 0.6) is 0 Å². The van der Waals surface area contributed by atoms with Gasteiger partial charge in [-0.1, -0.05) is 25.4 Å². The van der Waals surface area contributed by atoms with E-state index in [0.717, 1.165) is 6.07 Å². The predicted molar refractivity (Wildman–Crippen MR) is 75.3 cm³/mol. The van der Waals surface area contributed by atoms with Crippen LogP contribution in [0.15, 0.2) is 18.2 Å². The molecule has 4 nitrogen and oxygen atoms in total. The zero-order valence-corrected chi connectivity index (χ0v) is 12.1. The molecule has 2 N–H and O–H groups in total. The number of nitrogens with one attached hydrogen (secondary N) is 1. The Morgan fingerprint density at radius 2 is 1.95 bits per heavy atom. The molecule has 0 bridgehead atoms. The fourth-order valence-corrected chi connectivity index (χ4v) is 2.15. The van der Waals surface area contributed by atoms with Crippen LogP contribution in [0.2, 0.25) is 5.02 Å². The molecule has 0 saturated carbocycles. The van der Waals surface area contributed by atoms with Gasteiger partial charge in [0, 0.05) is 11.4 Å². The first-order valence-corrected chi connectivity index (χ1v) is 6.70. The summed E-state index contributed by atoms with van der Waals surface area (Å²) < 4.78 is 13.5. The maximum absolute atomic E-state index is 13.5. The topological polar surface area (TPSA) is 66.4 Å². The van der Waals surface area contributed by atoms with Crippen LogP contribution in [-0.4, -0.2) is 17.0 Å². The Balaban J connectivity index is 2.86. The highest BCUT2D eigenvalue weighted by Crippen LogP contribution is 2.31. The first-order chi connectivity index (χ1) is 9.34. The summed E-state index contributed by atoms with van der Waals surface area (Å²) in [4.78, 5) is 23.2. The zero-order valence-electron chi connectivity index (χ0n) is 11.4. The summed E-state index contributed by atoms with van der Waals surface area (Å²) in [5.41, 5.74) is -1.17. The van der Waals surface area contributed by atoms with Gasteiger partial charge in [-0.05, 0) is 31.0 Å². The van der Waals surface area contributed by atoms with Crippen LogP contribution < -0.4 is 5.32 Å². The standard InChI is InChI=1S/C14H17ClFNO3/c1-3-14(4-2,13(19)20)8-12(18)17-11-7-9(15)5-6-10(11)16/h5-7H,3-4,8H2,1-2H3,(H,17,18)(H,19,20). The summed E-state index contributed by atoms with van der Waals surface area (Å²) in [6, 6.07) is 3.79. The number of halogens is 2. The van der Waals surface area contributed by atoms with E-state index in [4.69, 9.17) is 11.6 Å². The van der Waals surface area contributed by atoms with E-state index in [-0.39, 0.29) is 17.1 Å². The molecule has 110 valence electrons. The Kier molecular flexibility index (Phi) is 5.51. The summed E-state index contributed by atoms with van der Waals surface area (Å²) in [6.07, 6.45) is 0.440. The van der Waals surface area contributed by atoms with Crippen molar-refractivity contribution in [2.45, 2.75) is 33.1 Å². The third kappa shape index (κ3) is 3.70. The van der Waals surface area contributed by atoms with Crippen molar-refractivity contribution < 1.29 is 19.1 Å². The minimum Gasteiger partial charge on any atom is -0.481 e. The second-order valence-corrected chi connectivity index (χ2v) is 5.08. The van der Waals surface area contributed by atoms with E-state index < -0.39 is 23.1 Å². The van der Waals surface area contributed by atoms with Gasteiger partial charge in [-0.3, -0.25) is 9.59 Å². The van der Waals surface area contributed by atoms with Gasteiger partial charge in [0.15, 0.2) is 0 Å². The molecule has 1 rings (SSSR count). The van der Waals surface area contributed by atoms with Crippen LogP contribution in [-0.2, 0) is 9.59 Å². The summed E-state index contributed by atoms with van der Waals surface area (Å²) in [5.74, 6) is -2.18. The Morgan fingerprint density at radius 1 is 1.35 bits per heavy atom. The van der Waals surface area contributed by atoms with Crippen LogP contribution in [0.25, 0.3) is 0 Å². The Bertz CT molecular complexity index is 515. The normalized spacial score (nSPS) is 11.2. The largest absolute Gasteiger partial charge is 0.481 e. The van der Waals surface area contributed by atoms with Gasteiger partial charge < -0.3 is 10.4 Å². The number of benzene rings is 1. The molecular weight excluding hydrogens is 285 g/mol. The van der Waals surface area contributed by atoms with E-state index in [1.54, 1.807) is 13.8 Å². The SMILES string of the molecule is CCC(CC)(CC(=O)Nc1cc(Cl)ccc1F)C(=O)O. The molecule has 6 heteroatoms. The first kappa shape index (κ1) is 16.4. The number of anilines is 1. The minimum absolute atomic E-state index is 0.0472. The number of carboxylic acids is 1. The van der Waals surface area contributed by atoms with Gasteiger partial charge in [0.1, 0.15) is 5.82 Å². The van der Waals surface area contributed by atoms with Gasteiger partial charge >= 0.3 is 5.97 Å². The lowest BCUT2D eigenvalue weighted by Gasteiger charge is -2.25. The lowest BCUT2D eigenvalue weighted by Crippen LogP contribution is -2.34. The molecule has 1 aromatic carbocycles. The van der Waals surface area contributed by atoms with Crippen molar-refractivity contribution >= 4 is 29.2 Å². The van der Waals surface area contributed by atoms with Crippen LogP contribution in [0.4, 0.5) is 10.1 Å². The van der Waals surface area contributed by atoms with Crippen molar-refractivity contribution in [1.82, 2.24) is 0 Å². The van der Waals surface area contributed by atoms with E-state index in [0.29, 0.717) is 12.8 Å². The number of carbonyl (C=O) groups excluding carboxylic acids is 1. The van der Waals surface area contributed by atoms with Crippen LogP contribution in [0.1, 0.15) is 33.1 Å². The lowest BCUT2D eigenvalue weighted by molar-refractivity contribution is -0.151. The van der Waals surface area contributed by atoms with Crippen molar-refractivity contribution in [3.05, 3.63) is 29.0 Å². The molecule has 20 heavy (non-hydrogen) atoms. The first-order valence-electron chi connectivity index (χ1n) is 6.33. The van der Waals surface area contributed by atoms with E-state index in [2.05, 4.69) is 5.32 Å². The molecule has 1 amide bonds. The smallest absolute Gasteiger partial charge is 0.310 e. The number of amides is 1. The maximum Gasteiger partial charge on any atom is 0.310 e. The number of carboxylic acid groups (broad SMARTS) is 1. The van der Waals surface area contributed by atoms with E-state index in [1.807, 2.05) is 0 Å². The summed E-state index contributed by atoms with van der Waals surface area (Å²) in [6.45, 7) is 3.43. The highest BCUT2D eigenvalue weighted by molar-refractivity contribution is 6.30. The Morgan fingerprint density at radius 3 is 2.45 bits per heavy atom. The van der Waals surface area contributed by atoms with Crippen molar-refractivity contribution in [3.8, 4) is 0 Å². The van der Waals surface area contributed by atoms with Gasteiger partial charge in [-0.15, -0.1) is 0 Å². The number of hydrogen-bond acceptors (Lipinski definition) is 2. The second-order valence-electron chi connectivity index (χ2n) is 4.64. The molecule has 0 radical (unpaired) electrons. The van der Waals surface area contributed by atoms with Crippen molar-refractivity contribution in [2.24, 2.45) is 5.41 Å². The summed E-state index contributed by atoms with van der Waals surface area (Å²) in [7, 11) is 0. The second kappa shape index (κ2) is 6.70. The molecule has 1 aromatic rings. The molecule has 0 saturated heterocycles. The molecule has 0 aromatic heterocycles. The molecule has 0 aliphatic heterocycles. The minimum atomic E-state index is -1.13. The van der Waals surface area contributed by atoms with Gasteiger partial charge in [0.05, 0.1) is 11.1 Å². The lowest BCUT2D eigenvalue weighted by atomic mass is 9.79. The maximum atomic E-state index is 13.5. The Hall–Kier alpha value is -1.62. The molecule has 0 aliphatic carbocycles. The number of hydrogen-bond donors (Lipinski definition) is 2. The van der Waals surface area contributed by atoms with Crippen molar-refractivity contribution in [1.29, 1.82) is 0 Å². The van der Waals surface area contributed by atoms with Crippen LogP contribution >= 0.6 is 11.6 Å². The van der Waals surface area contributed by atoms with Gasteiger partial charge in [-0.25, -0.2) is 4.39 Å². The zero-order chi connectivity index (χ0) is 15.3. The molecular formula is C14H17ClFNO3. The quantitative estimate of drug-likeness (QED) is 0.842. The third-order valence-electron chi connectivity index (χ3n) is 3.51. The average molecular weight is 302 g/mol. The third-order valence-corrected chi connectivity index (χ3v) is 3.74. The molecule has 0 unspecified atom stereocenters. The molecule has 0 fully saturated rings. The molecule has 0 aliphatic rings. The van der Waals surface area contributed by atoms with E-state index in [9.17, 15) is 19.1 Å². The molecule has 0 heterocycles. The fraction of sp³-hybridized carbons (Fsp3) is 0.429. The molecule has 0 spiro atoms. The fourth-order valence-electron chi connectivity index (χ4n) is 1.97. The highest BCUT2D eigenvalue weighted by Gasteiger charge is 2.37. The monoisotopic (exact) mass is 301 g/mol. The van der Waals surface area contributed by atoms with Crippen molar-refractivity contribution in [2.75, 3.05) is 5.32 Å². The number of rotatable bonds is 6. The average Bonchev–Trinajstić information content (AvgIpc) is 2.40. The van der Waals surface area contributed by atoms with E-state index >= 15 is 0 Å². The van der Waals surface area contributed by atoms with E-state index in [1.165, 1.54) is 12.1 Å². The van der Waals surface area contributed by atoms with Gasteiger partial charge in [-0.2, -0.15) is 0 Å². The number of aliphatic carboxylic acids is 1. The van der Waals surface area contributed by atoms with Gasteiger partial charge in [0.2, 0.25) is 5.91 Å². The predicted octanol–water partition coefficient (Wildman–Crippen LogP) is 3.70. The van der Waals surface area contributed by atoms with Crippen molar-refractivity contribution in [3.63, 3.8) is 0 Å². The molecule has 0 atom stereocenters. The van der Waals surface area contributed by atoms with Gasteiger partial charge in [0.25, 0.3) is 0 Å². The Labute approximate surface area is 121 Å². The number of carbonyl (C=O) groups is 2. The summed E-state index contributed by atoms with van der Waals surface area (Å²) in [5, 5.41) is 11.9. The summed E-state index contributed by atoms with van der Waals surface area (Å²) >= 11 is 5.73. The van der Waals surface area contributed by atoms with Crippen LogP contribution in [0.3, 0.4) is 0 Å². The van der Waals surface area contributed by atoms with Crippen LogP contribution in [0, 0.1) is 11.2 Å².